The Morgan fingerprint density at radius 2 is 0.825 bits per heavy atom. The third-order valence-electron chi connectivity index (χ3n) is 8.07. The molecule has 40 heavy (non-hydrogen) atoms. The summed E-state index contributed by atoms with van der Waals surface area (Å²) in [7, 11) is 0. The second-order valence-electron chi connectivity index (χ2n) is 10.1. The van der Waals surface area contributed by atoms with E-state index in [1.807, 2.05) is 6.92 Å². The predicted octanol–water partition coefficient (Wildman–Crippen LogP) is 8.36. The lowest BCUT2D eigenvalue weighted by Gasteiger charge is -2.31. The van der Waals surface area contributed by atoms with Crippen molar-refractivity contribution in [1.82, 2.24) is 9.80 Å². The van der Waals surface area contributed by atoms with Gasteiger partial charge in [-0.05, 0) is 37.6 Å². The van der Waals surface area contributed by atoms with Gasteiger partial charge in [-0.25, -0.2) is 0 Å². The summed E-state index contributed by atoms with van der Waals surface area (Å²) in [5, 5.41) is 4.59. The van der Waals surface area contributed by atoms with Crippen LogP contribution in [0.2, 0.25) is 20.1 Å². The fourth-order valence-electron chi connectivity index (χ4n) is 6.37. The lowest BCUT2D eigenvalue weighted by atomic mass is 9.82. The van der Waals surface area contributed by atoms with Crippen LogP contribution in [0.1, 0.15) is 68.1 Å². The van der Waals surface area contributed by atoms with E-state index in [0.717, 1.165) is 11.3 Å². The van der Waals surface area contributed by atoms with E-state index in [1.54, 1.807) is 31.2 Å². The van der Waals surface area contributed by atoms with Crippen LogP contribution in [0.5, 0.6) is 0 Å². The van der Waals surface area contributed by atoms with E-state index in [4.69, 9.17) is 46.4 Å². The van der Waals surface area contributed by atoms with Crippen LogP contribution in [-0.4, -0.2) is 46.5 Å². The summed E-state index contributed by atoms with van der Waals surface area (Å²) < 4.78 is 0. The minimum Gasteiger partial charge on any atom is -0.275 e. The molecule has 2 heterocycles. The number of hydrogen-bond acceptors (Lipinski definition) is 4. The van der Waals surface area contributed by atoms with Gasteiger partial charge >= 0.3 is 0 Å². The van der Waals surface area contributed by atoms with Gasteiger partial charge in [-0.1, -0.05) is 59.7 Å². The third-order valence-corrected chi connectivity index (χ3v) is 9.26. The lowest BCUT2D eigenvalue weighted by molar-refractivity contribution is 0.0597. The van der Waals surface area contributed by atoms with Crippen molar-refractivity contribution >= 4 is 113 Å². The molecule has 2 aliphatic heterocycles. The number of nitrogens with zero attached hydrogens (tertiary/aromatic N) is 2. The molecular formula is C30H18Cl4N2O4. The van der Waals surface area contributed by atoms with Crippen molar-refractivity contribution in [3.63, 3.8) is 0 Å². The Bertz CT molecular complexity index is 1940. The lowest BCUT2D eigenvalue weighted by Crippen LogP contribution is -2.41. The van der Waals surface area contributed by atoms with E-state index in [-0.39, 0.29) is 55.4 Å². The first-order valence-electron chi connectivity index (χ1n) is 12.8. The number of unbranched alkanes of at least 4 members (excludes halogenated alkanes) is 1. The van der Waals surface area contributed by atoms with E-state index in [0.29, 0.717) is 49.5 Å². The summed E-state index contributed by atoms with van der Waals surface area (Å²) in [6, 6.07) is 6.20. The topological polar surface area (TPSA) is 74.8 Å². The van der Waals surface area contributed by atoms with Crippen LogP contribution in [0, 0.1) is 0 Å². The van der Waals surface area contributed by atoms with Gasteiger partial charge in [0.1, 0.15) is 0 Å². The Balaban J connectivity index is 1.74. The second kappa shape index (κ2) is 8.67. The standard InChI is InChI=1S/C30H18Cl4N2O4/c1-3-5-6-36-29(39)13-9-17(33)23-21-15(31)7-11-19-12(28(38)35(4-2)27(11)37)8-16(32)22(25(19)21)24-18(34)10-14(30(36)40)20(13)26(23)24/h7-10H,3-6H2,1-2H3. The predicted molar refractivity (Wildman–Crippen MR) is 159 cm³/mol. The molecule has 0 radical (unpaired) electrons. The van der Waals surface area contributed by atoms with Crippen LogP contribution < -0.4 is 0 Å². The number of benzene rings is 5. The number of hydrogen-bond donors (Lipinski definition) is 0. The monoisotopic (exact) mass is 610 g/mol. The minimum atomic E-state index is -0.460. The summed E-state index contributed by atoms with van der Waals surface area (Å²) in [6.45, 7) is 4.15. The molecule has 6 nitrogen and oxygen atoms in total. The highest BCUT2D eigenvalue weighted by atomic mass is 35.5. The Hall–Kier alpha value is -3.16. The van der Waals surface area contributed by atoms with E-state index in [2.05, 4.69) is 0 Å². The summed E-state index contributed by atoms with van der Waals surface area (Å²) in [5.74, 6) is -1.79. The molecule has 5 aromatic rings. The first-order valence-corrected chi connectivity index (χ1v) is 14.3. The Morgan fingerprint density at radius 3 is 1.12 bits per heavy atom. The van der Waals surface area contributed by atoms with Crippen LogP contribution in [0.4, 0.5) is 0 Å². The molecule has 0 spiro atoms. The van der Waals surface area contributed by atoms with Gasteiger partial charge in [0.2, 0.25) is 0 Å². The largest absolute Gasteiger partial charge is 0.275 e. The quantitative estimate of drug-likeness (QED) is 0.116. The van der Waals surface area contributed by atoms with Gasteiger partial charge in [0.25, 0.3) is 23.6 Å². The van der Waals surface area contributed by atoms with Crippen molar-refractivity contribution in [2.45, 2.75) is 26.7 Å². The number of rotatable bonds is 4. The summed E-state index contributed by atoms with van der Waals surface area (Å²) in [4.78, 5) is 56.3. The fraction of sp³-hybridized carbons (Fsp3) is 0.200. The van der Waals surface area contributed by atoms with Crippen LogP contribution >= 0.6 is 46.4 Å². The third kappa shape index (κ3) is 3.03. The van der Waals surface area contributed by atoms with Crippen LogP contribution in [0.3, 0.4) is 0 Å². The smallest absolute Gasteiger partial charge is 0.261 e. The van der Waals surface area contributed by atoms with Gasteiger partial charge in [0, 0.05) is 76.3 Å². The summed E-state index contributed by atoms with van der Waals surface area (Å²) in [6.07, 6.45) is 1.47. The number of fused-ring (bicyclic) bond motifs is 2. The van der Waals surface area contributed by atoms with Crippen molar-refractivity contribution in [2.24, 2.45) is 0 Å². The number of amides is 4. The number of carbonyl (C=O) groups excluding carboxylic acids is 4. The normalized spacial score (nSPS) is 15.2. The maximum atomic E-state index is 13.6. The molecule has 0 N–H and O–H groups in total. The molecule has 10 heteroatoms. The molecule has 7 rings (SSSR count). The van der Waals surface area contributed by atoms with Gasteiger partial charge in [-0.3, -0.25) is 29.0 Å². The van der Waals surface area contributed by atoms with Crippen molar-refractivity contribution in [3.8, 4) is 0 Å². The van der Waals surface area contributed by atoms with E-state index in [1.165, 1.54) is 4.90 Å². The number of imide groups is 2. The molecule has 0 fully saturated rings. The van der Waals surface area contributed by atoms with Gasteiger partial charge < -0.3 is 0 Å². The van der Waals surface area contributed by atoms with Crippen LogP contribution in [-0.2, 0) is 0 Å². The fourth-order valence-corrected chi connectivity index (χ4v) is 7.56. The minimum absolute atomic E-state index is 0.181. The average Bonchev–Trinajstić information content (AvgIpc) is 2.92. The molecule has 200 valence electrons. The highest BCUT2D eigenvalue weighted by Gasteiger charge is 2.39. The maximum Gasteiger partial charge on any atom is 0.261 e. The zero-order chi connectivity index (χ0) is 28.4. The summed E-state index contributed by atoms with van der Waals surface area (Å²) in [5.41, 5.74) is 1.13. The molecule has 0 unspecified atom stereocenters. The molecule has 0 saturated heterocycles. The van der Waals surface area contributed by atoms with Crippen LogP contribution in [0.15, 0.2) is 24.3 Å². The SMILES string of the molecule is CCCCN1C(=O)c2cc(Cl)c3c4c(Cl)cc5c6c(cc(Cl)c(c7c(Cl)cc(c2c37)C1=O)c64)C(=O)N(CC)C5=O. The van der Waals surface area contributed by atoms with Gasteiger partial charge in [-0.2, -0.15) is 0 Å². The van der Waals surface area contributed by atoms with E-state index in [9.17, 15) is 19.2 Å². The zero-order valence-electron chi connectivity index (χ0n) is 21.2. The van der Waals surface area contributed by atoms with Crippen molar-refractivity contribution < 1.29 is 19.2 Å². The van der Waals surface area contributed by atoms with Crippen molar-refractivity contribution in [2.75, 3.05) is 13.1 Å². The molecule has 5 aromatic carbocycles. The maximum absolute atomic E-state index is 13.6. The molecule has 0 atom stereocenters. The highest BCUT2D eigenvalue weighted by molar-refractivity contribution is 6.56. The van der Waals surface area contributed by atoms with Crippen molar-refractivity contribution in [1.29, 1.82) is 0 Å². The first-order chi connectivity index (χ1) is 19.1. The van der Waals surface area contributed by atoms with Crippen LogP contribution in [0.25, 0.3) is 43.1 Å². The van der Waals surface area contributed by atoms with E-state index < -0.39 is 23.6 Å². The van der Waals surface area contributed by atoms with Gasteiger partial charge in [0.15, 0.2) is 0 Å². The molecule has 0 aliphatic carbocycles. The van der Waals surface area contributed by atoms with E-state index >= 15 is 0 Å². The molecular weight excluding hydrogens is 594 g/mol. The first kappa shape index (κ1) is 25.8. The summed E-state index contributed by atoms with van der Waals surface area (Å²) >= 11 is 27.7. The van der Waals surface area contributed by atoms with Gasteiger partial charge in [0.05, 0.1) is 22.3 Å². The second-order valence-corrected chi connectivity index (χ2v) is 11.7. The Kier molecular flexibility index (Phi) is 5.59. The Labute approximate surface area is 247 Å². The molecule has 4 amide bonds. The zero-order valence-corrected chi connectivity index (χ0v) is 24.2. The number of halogens is 4. The molecule has 2 aliphatic rings. The Morgan fingerprint density at radius 1 is 0.500 bits per heavy atom. The average molecular weight is 612 g/mol. The van der Waals surface area contributed by atoms with Gasteiger partial charge in [-0.15, -0.1) is 0 Å². The van der Waals surface area contributed by atoms with Crippen molar-refractivity contribution in [3.05, 3.63) is 66.6 Å². The highest BCUT2D eigenvalue weighted by Crippen LogP contribution is 2.53. The molecule has 0 bridgehead atoms. The molecule has 0 aromatic heterocycles. The number of carbonyl (C=O) groups is 4. The molecule has 0 saturated carbocycles.